The molecule has 0 aliphatic heterocycles. The molecule has 0 atom stereocenters. The molecule has 4 nitrogen and oxygen atoms in total. The van der Waals surface area contributed by atoms with Crippen LogP contribution in [0.3, 0.4) is 0 Å². The van der Waals surface area contributed by atoms with E-state index in [-0.39, 0.29) is 0 Å². The Morgan fingerprint density at radius 1 is 0.792 bits per heavy atom. The van der Waals surface area contributed by atoms with Crippen molar-refractivity contribution < 1.29 is 18.9 Å². The summed E-state index contributed by atoms with van der Waals surface area (Å²) in [6.45, 7) is 6.53. The van der Waals surface area contributed by atoms with E-state index in [2.05, 4.69) is 0 Å². The highest BCUT2D eigenvalue weighted by Gasteiger charge is 2.01. The van der Waals surface area contributed by atoms with Crippen LogP contribution in [0.15, 0.2) is 42.5 Å². The lowest BCUT2D eigenvalue weighted by atomic mass is 10.2. The summed E-state index contributed by atoms with van der Waals surface area (Å²) in [4.78, 5) is 0. The van der Waals surface area contributed by atoms with Gasteiger partial charge in [0, 0.05) is 0 Å². The molecule has 0 unspecified atom stereocenters. The van der Waals surface area contributed by atoms with Gasteiger partial charge >= 0.3 is 0 Å². The van der Waals surface area contributed by atoms with E-state index in [1.807, 2.05) is 56.3 Å². The van der Waals surface area contributed by atoms with Crippen molar-refractivity contribution >= 4 is 11.6 Å². The van der Waals surface area contributed by atoms with Crippen LogP contribution < -0.4 is 14.2 Å². The highest BCUT2D eigenvalue weighted by Crippen LogP contribution is 2.25. The Morgan fingerprint density at radius 2 is 1.42 bits per heavy atom. The van der Waals surface area contributed by atoms with Gasteiger partial charge < -0.3 is 18.9 Å². The number of halogens is 1. The number of aryl methyl sites for hydroxylation is 1. The fourth-order valence-corrected chi connectivity index (χ4v) is 2.22. The first kappa shape index (κ1) is 18.4. The standard InChI is InChI=1S/C19H23ClO4/c1-3-22-16-5-7-17(8-6-16)23-12-10-21-11-13-24-19-14-15(2)4-9-18(19)20/h4-9,14H,3,10-13H2,1-2H3. The summed E-state index contributed by atoms with van der Waals surface area (Å²) < 4.78 is 22.1. The van der Waals surface area contributed by atoms with Crippen molar-refractivity contribution in [3.63, 3.8) is 0 Å². The third-order valence-electron chi connectivity index (χ3n) is 3.20. The Morgan fingerprint density at radius 3 is 2.08 bits per heavy atom. The summed E-state index contributed by atoms with van der Waals surface area (Å²) in [7, 11) is 0. The van der Waals surface area contributed by atoms with Gasteiger partial charge in [-0.3, -0.25) is 0 Å². The highest BCUT2D eigenvalue weighted by molar-refractivity contribution is 6.32. The molecule has 0 saturated carbocycles. The van der Waals surface area contributed by atoms with E-state index in [9.17, 15) is 0 Å². The molecule has 2 rings (SSSR count). The lowest BCUT2D eigenvalue weighted by molar-refractivity contribution is 0.0764. The van der Waals surface area contributed by atoms with Gasteiger partial charge in [0.2, 0.25) is 0 Å². The van der Waals surface area contributed by atoms with Gasteiger partial charge in [-0.1, -0.05) is 17.7 Å². The Bertz CT molecular complexity index is 613. The number of hydrogen-bond donors (Lipinski definition) is 0. The van der Waals surface area contributed by atoms with Gasteiger partial charge in [0.25, 0.3) is 0 Å². The molecule has 5 heteroatoms. The van der Waals surface area contributed by atoms with Gasteiger partial charge in [0.1, 0.15) is 30.5 Å². The minimum absolute atomic E-state index is 0.451. The molecule has 0 saturated heterocycles. The zero-order chi connectivity index (χ0) is 17.2. The largest absolute Gasteiger partial charge is 0.494 e. The van der Waals surface area contributed by atoms with Crippen LogP contribution in [0.2, 0.25) is 5.02 Å². The molecule has 0 spiro atoms. The topological polar surface area (TPSA) is 36.9 Å². The zero-order valence-electron chi connectivity index (χ0n) is 14.1. The fourth-order valence-electron chi connectivity index (χ4n) is 2.05. The number of hydrogen-bond acceptors (Lipinski definition) is 4. The molecule has 0 heterocycles. The molecule has 0 aromatic heterocycles. The average molecular weight is 351 g/mol. The van der Waals surface area contributed by atoms with Crippen LogP contribution in [0.25, 0.3) is 0 Å². The van der Waals surface area contributed by atoms with Crippen LogP contribution in [0.5, 0.6) is 17.2 Å². The first-order valence-corrected chi connectivity index (χ1v) is 8.39. The Balaban J connectivity index is 1.57. The van der Waals surface area contributed by atoms with Gasteiger partial charge in [-0.05, 0) is 55.8 Å². The second-order valence-electron chi connectivity index (χ2n) is 5.15. The molecule has 0 fully saturated rings. The molecule has 0 aliphatic carbocycles. The normalized spacial score (nSPS) is 10.5. The quantitative estimate of drug-likeness (QED) is 0.590. The third kappa shape index (κ3) is 6.30. The van der Waals surface area contributed by atoms with Crippen LogP contribution in [0.4, 0.5) is 0 Å². The molecule has 130 valence electrons. The van der Waals surface area contributed by atoms with Gasteiger partial charge in [-0.2, -0.15) is 0 Å². The van der Waals surface area contributed by atoms with Gasteiger partial charge in [0.15, 0.2) is 0 Å². The molecule has 0 amide bonds. The van der Waals surface area contributed by atoms with E-state index in [0.717, 1.165) is 17.1 Å². The van der Waals surface area contributed by atoms with Crippen molar-refractivity contribution in [2.45, 2.75) is 13.8 Å². The van der Waals surface area contributed by atoms with Crippen molar-refractivity contribution in [1.82, 2.24) is 0 Å². The average Bonchev–Trinajstić information content (AvgIpc) is 2.58. The van der Waals surface area contributed by atoms with Gasteiger partial charge in [-0.25, -0.2) is 0 Å². The molecular weight excluding hydrogens is 328 g/mol. The molecular formula is C19H23ClO4. The summed E-state index contributed by atoms with van der Waals surface area (Å²) in [5, 5.41) is 0.611. The molecule has 2 aromatic rings. The van der Waals surface area contributed by atoms with E-state index in [1.54, 1.807) is 0 Å². The SMILES string of the molecule is CCOc1ccc(OCCOCCOc2cc(C)ccc2Cl)cc1. The zero-order valence-corrected chi connectivity index (χ0v) is 14.8. The minimum atomic E-state index is 0.451. The van der Waals surface area contributed by atoms with Gasteiger partial charge in [0.05, 0.1) is 24.8 Å². The monoisotopic (exact) mass is 350 g/mol. The van der Waals surface area contributed by atoms with Crippen molar-refractivity contribution in [3.8, 4) is 17.2 Å². The van der Waals surface area contributed by atoms with Crippen LogP contribution in [0, 0.1) is 6.92 Å². The van der Waals surface area contributed by atoms with Crippen molar-refractivity contribution in [2.24, 2.45) is 0 Å². The number of benzene rings is 2. The fraction of sp³-hybridized carbons (Fsp3) is 0.368. The predicted octanol–water partition coefficient (Wildman–Crippen LogP) is 4.52. The maximum absolute atomic E-state index is 6.06. The minimum Gasteiger partial charge on any atom is -0.494 e. The second kappa shape index (κ2) is 10.1. The highest BCUT2D eigenvalue weighted by atomic mass is 35.5. The van der Waals surface area contributed by atoms with Crippen molar-refractivity contribution in [2.75, 3.05) is 33.0 Å². The maximum atomic E-state index is 6.06. The van der Waals surface area contributed by atoms with E-state index >= 15 is 0 Å². The summed E-state index contributed by atoms with van der Waals surface area (Å²) in [6, 6.07) is 13.2. The molecule has 2 aromatic carbocycles. The summed E-state index contributed by atoms with van der Waals surface area (Å²) in [6.07, 6.45) is 0. The Labute approximate surface area is 148 Å². The van der Waals surface area contributed by atoms with Gasteiger partial charge in [-0.15, -0.1) is 0 Å². The molecule has 0 aliphatic rings. The van der Waals surface area contributed by atoms with E-state index in [0.29, 0.717) is 43.8 Å². The van der Waals surface area contributed by atoms with E-state index < -0.39 is 0 Å². The van der Waals surface area contributed by atoms with E-state index in [4.69, 9.17) is 30.5 Å². The smallest absolute Gasteiger partial charge is 0.138 e. The maximum Gasteiger partial charge on any atom is 0.138 e. The Hall–Kier alpha value is -1.91. The number of ether oxygens (including phenoxy) is 4. The summed E-state index contributed by atoms with van der Waals surface area (Å²) >= 11 is 6.06. The molecule has 0 radical (unpaired) electrons. The van der Waals surface area contributed by atoms with Crippen LogP contribution >= 0.6 is 11.6 Å². The molecule has 24 heavy (non-hydrogen) atoms. The third-order valence-corrected chi connectivity index (χ3v) is 3.52. The van der Waals surface area contributed by atoms with Crippen molar-refractivity contribution in [1.29, 1.82) is 0 Å². The lowest BCUT2D eigenvalue weighted by Gasteiger charge is -2.10. The Kier molecular flexibility index (Phi) is 7.72. The predicted molar refractivity (Wildman–Crippen MR) is 95.6 cm³/mol. The van der Waals surface area contributed by atoms with Crippen molar-refractivity contribution in [3.05, 3.63) is 53.1 Å². The molecule has 0 bridgehead atoms. The summed E-state index contributed by atoms with van der Waals surface area (Å²) in [5.41, 5.74) is 1.11. The second-order valence-corrected chi connectivity index (χ2v) is 5.55. The lowest BCUT2D eigenvalue weighted by Crippen LogP contribution is -2.12. The first-order chi connectivity index (χ1) is 11.7. The first-order valence-electron chi connectivity index (χ1n) is 8.01. The van der Waals surface area contributed by atoms with Crippen LogP contribution in [-0.2, 0) is 4.74 Å². The summed E-state index contributed by atoms with van der Waals surface area (Å²) in [5.74, 6) is 2.32. The van der Waals surface area contributed by atoms with E-state index in [1.165, 1.54) is 0 Å². The number of rotatable bonds is 10. The van der Waals surface area contributed by atoms with Crippen LogP contribution in [-0.4, -0.2) is 33.0 Å². The molecule has 0 N–H and O–H groups in total. The van der Waals surface area contributed by atoms with Crippen LogP contribution in [0.1, 0.15) is 12.5 Å².